The average molecular weight is 382 g/mol. The summed E-state index contributed by atoms with van der Waals surface area (Å²) in [6.07, 6.45) is 0. The van der Waals surface area contributed by atoms with Crippen LogP contribution in [0.15, 0.2) is 29.3 Å². The van der Waals surface area contributed by atoms with Crippen molar-refractivity contribution in [3.63, 3.8) is 0 Å². The number of carbonyl (C=O) groups excluding carboxylic acids is 1. The fraction of sp³-hybridized carbons (Fsp3) is 0.375. The van der Waals surface area contributed by atoms with Crippen molar-refractivity contribution >= 4 is 21.7 Å². The maximum Gasteiger partial charge on any atom is 0.342 e. The smallest absolute Gasteiger partial charge is 0.342 e. The van der Waals surface area contributed by atoms with Crippen LogP contribution in [0.3, 0.4) is 0 Å². The summed E-state index contributed by atoms with van der Waals surface area (Å²) in [5.41, 5.74) is 0.667. The van der Waals surface area contributed by atoms with Crippen LogP contribution in [0.1, 0.15) is 16.1 Å². The number of benzene rings is 1. The van der Waals surface area contributed by atoms with Gasteiger partial charge in [0.15, 0.2) is 0 Å². The Morgan fingerprint density at radius 2 is 1.88 bits per heavy atom. The lowest BCUT2D eigenvalue weighted by Crippen LogP contribution is -2.49. The lowest BCUT2D eigenvalue weighted by atomic mass is 10.2. The van der Waals surface area contributed by atoms with Gasteiger partial charge in [0.05, 0.1) is 12.8 Å². The predicted octanol–water partition coefficient (Wildman–Crippen LogP) is 1.15. The van der Waals surface area contributed by atoms with Crippen molar-refractivity contribution in [1.82, 2.24) is 14.5 Å². The second-order valence-corrected chi connectivity index (χ2v) is 7.72. The number of halogens is 1. The molecule has 3 rings (SSSR count). The minimum Gasteiger partial charge on any atom is -0.465 e. The van der Waals surface area contributed by atoms with Crippen molar-refractivity contribution in [2.75, 3.05) is 38.2 Å². The maximum atomic E-state index is 13.9. The van der Waals surface area contributed by atoms with Gasteiger partial charge in [-0.1, -0.05) is 12.1 Å². The van der Waals surface area contributed by atoms with E-state index in [1.165, 1.54) is 17.5 Å². The average Bonchev–Trinajstić information content (AvgIpc) is 3.04. The van der Waals surface area contributed by atoms with Gasteiger partial charge in [-0.15, -0.1) is 0 Å². The van der Waals surface area contributed by atoms with Crippen molar-refractivity contribution in [2.45, 2.75) is 11.9 Å². The zero-order valence-electron chi connectivity index (χ0n) is 14.4. The Kier molecular flexibility index (Phi) is 4.97. The lowest BCUT2D eigenvalue weighted by Gasteiger charge is -2.35. The highest BCUT2D eigenvalue weighted by atomic mass is 32.2. The van der Waals surface area contributed by atoms with Crippen LogP contribution >= 0.6 is 0 Å². The lowest BCUT2D eigenvalue weighted by molar-refractivity contribution is 0.0595. The Morgan fingerprint density at radius 3 is 2.50 bits per heavy atom. The number of methoxy groups -OCH3 is 1. The summed E-state index contributed by atoms with van der Waals surface area (Å²) in [4.78, 5) is 13.7. The molecular formula is C16H19FN4O4S. The van der Waals surface area contributed by atoms with E-state index >= 15 is 0 Å². The molecule has 0 amide bonds. The molecule has 1 aliphatic rings. The molecule has 0 radical (unpaired) electrons. The topological polar surface area (TPSA) is 95.6 Å². The molecule has 0 saturated carbocycles. The van der Waals surface area contributed by atoms with Crippen molar-refractivity contribution in [2.24, 2.45) is 0 Å². The maximum absolute atomic E-state index is 13.9. The minimum atomic E-state index is -3.97. The van der Waals surface area contributed by atoms with Crippen LogP contribution in [-0.4, -0.2) is 62.2 Å². The second-order valence-electron chi connectivity index (χ2n) is 5.86. The molecule has 1 aliphatic heterocycles. The Balaban J connectivity index is 1.81. The molecule has 0 bridgehead atoms. The fourth-order valence-corrected chi connectivity index (χ4v) is 4.48. The van der Waals surface area contributed by atoms with Crippen LogP contribution in [0.4, 0.5) is 10.1 Å². The van der Waals surface area contributed by atoms with Gasteiger partial charge in [0.25, 0.3) is 10.0 Å². The summed E-state index contributed by atoms with van der Waals surface area (Å²) < 4.78 is 45.6. The third kappa shape index (κ3) is 3.17. The van der Waals surface area contributed by atoms with E-state index in [9.17, 15) is 17.6 Å². The molecule has 1 aromatic heterocycles. The van der Waals surface area contributed by atoms with Crippen LogP contribution in [0, 0.1) is 12.7 Å². The molecule has 8 nitrogen and oxygen atoms in total. The van der Waals surface area contributed by atoms with Gasteiger partial charge in [0, 0.05) is 31.9 Å². The number of nitrogens with one attached hydrogen (secondary N) is 1. The van der Waals surface area contributed by atoms with Crippen molar-refractivity contribution < 1.29 is 22.3 Å². The number of piperazine rings is 1. The monoisotopic (exact) mass is 382 g/mol. The number of H-pyrrole nitrogens is 1. The number of hydrogen-bond acceptors (Lipinski definition) is 6. The molecule has 1 N–H and O–H groups in total. The van der Waals surface area contributed by atoms with E-state index in [1.54, 1.807) is 30.0 Å². The molecular weight excluding hydrogens is 363 g/mol. The van der Waals surface area contributed by atoms with Gasteiger partial charge in [0.2, 0.25) is 5.03 Å². The molecule has 1 aromatic carbocycles. The number of ether oxygens (including phenoxy) is 1. The van der Waals surface area contributed by atoms with Crippen LogP contribution in [0.2, 0.25) is 0 Å². The van der Waals surface area contributed by atoms with Gasteiger partial charge in [0.1, 0.15) is 11.4 Å². The van der Waals surface area contributed by atoms with Crippen LogP contribution in [0.5, 0.6) is 0 Å². The number of anilines is 1. The van der Waals surface area contributed by atoms with Crippen molar-refractivity contribution in [3.05, 3.63) is 41.3 Å². The first-order chi connectivity index (χ1) is 12.4. The van der Waals surface area contributed by atoms with E-state index in [4.69, 9.17) is 0 Å². The Labute approximate surface area is 150 Å². The highest BCUT2D eigenvalue weighted by molar-refractivity contribution is 7.89. The minimum absolute atomic E-state index is 0.0935. The number of rotatable bonds is 4. The summed E-state index contributed by atoms with van der Waals surface area (Å²) >= 11 is 0. The van der Waals surface area contributed by atoms with E-state index in [0.717, 1.165) is 0 Å². The fourth-order valence-electron chi connectivity index (χ4n) is 2.94. The standard InChI is InChI=1S/C16H19FN4O4S/c1-11-14(16(22)25-2)15(19-18-11)26(23,24)21-9-7-20(8-10-21)13-6-4-3-5-12(13)17/h3-6H,7-10H2,1-2H3,(H,18,19). The molecule has 1 saturated heterocycles. The second kappa shape index (κ2) is 7.04. The predicted molar refractivity (Wildman–Crippen MR) is 92.0 cm³/mol. The first-order valence-electron chi connectivity index (χ1n) is 7.99. The summed E-state index contributed by atoms with van der Waals surface area (Å²) in [7, 11) is -2.79. The Hall–Kier alpha value is -2.46. The molecule has 0 aliphatic carbocycles. The van der Waals surface area contributed by atoms with Gasteiger partial charge in [-0.2, -0.15) is 9.40 Å². The Morgan fingerprint density at radius 1 is 1.23 bits per heavy atom. The molecule has 0 spiro atoms. The summed E-state index contributed by atoms with van der Waals surface area (Å²) in [6, 6.07) is 6.37. The molecule has 1 fully saturated rings. The number of aromatic amines is 1. The molecule has 140 valence electrons. The van der Waals surface area contributed by atoms with Crippen LogP contribution in [-0.2, 0) is 14.8 Å². The number of esters is 1. The van der Waals surface area contributed by atoms with E-state index in [2.05, 4.69) is 14.9 Å². The van der Waals surface area contributed by atoms with Gasteiger partial charge >= 0.3 is 5.97 Å². The number of carbonyl (C=O) groups is 1. The third-order valence-electron chi connectivity index (χ3n) is 4.32. The number of hydrogen-bond donors (Lipinski definition) is 1. The van der Waals surface area contributed by atoms with E-state index in [1.807, 2.05) is 0 Å². The SMILES string of the molecule is COC(=O)c1c(S(=O)(=O)N2CCN(c3ccccc3F)CC2)n[nH]c1C. The molecule has 2 heterocycles. The van der Waals surface area contributed by atoms with E-state index in [0.29, 0.717) is 24.5 Å². The highest BCUT2D eigenvalue weighted by Crippen LogP contribution is 2.25. The van der Waals surface area contributed by atoms with Gasteiger partial charge in [-0.25, -0.2) is 17.6 Å². The zero-order valence-corrected chi connectivity index (χ0v) is 15.2. The quantitative estimate of drug-likeness (QED) is 0.797. The normalized spacial score (nSPS) is 15.9. The molecule has 10 heteroatoms. The molecule has 2 aromatic rings. The van der Waals surface area contributed by atoms with Crippen molar-refractivity contribution in [3.8, 4) is 0 Å². The molecule has 0 atom stereocenters. The zero-order chi connectivity index (χ0) is 18.9. The Bertz CT molecular complexity index is 920. The molecule has 26 heavy (non-hydrogen) atoms. The van der Waals surface area contributed by atoms with Gasteiger partial charge < -0.3 is 9.64 Å². The summed E-state index contributed by atoms with van der Waals surface area (Å²) in [5, 5.41) is 5.97. The largest absolute Gasteiger partial charge is 0.465 e. The number of para-hydroxylation sites is 1. The van der Waals surface area contributed by atoms with Crippen LogP contribution < -0.4 is 4.90 Å². The number of sulfonamides is 1. The number of nitrogens with zero attached hydrogens (tertiary/aromatic N) is 3. The highest BCUT2D eigenvalue weighted by Gasteiger charge is 2.35. The van der Waals surface area contributed by atoms with Crippen molar-refractivity contribution in [1.29, 1.82) is 0 Å². The summed E-state index contributed by atoms with van der Waals surface area (Å²) in [6.45, 7) is 2.52. The molecule has 0 unspecified atom stereocenters. The third-order valence-corrected chi connectivity index (χ3v) is 6.15. The first-order valence-corrected chi connectivity index (χ1v) is 9.43. The van der Waals surface area contributed by atoms with Crippen LogP contribution in [0.25, 0.3) is 0 Å². The first kappa shape index (κ1) is 18.3. The van der Waals surface area contributed by atoms with Gasteiger partial charge in [-0.05, 0) is 19.1 Å². The number of aryl methyl sites for hydroxylation is 1. The van der Waals surface area contributed by atoms with E-state index in [-0.39, 0.29) is 29.5 Å². The van der Waals surface area contributed by atoms with Gasteiger partial charge in [-0.3, -0.25) is 5.10 Å². The summed E-state index contributed by atoms with van der Waals surface area (Å²) in [5.74, 6) is -1.11. The number of aromatic nitrogens is 2. The van der Waals surface area contributed by atoms with E-state index < -0.39 is 16.0 Å².